The Morgan fingerprint density at radius 1 is 1.58 bits per heavy atom. The highest BCUT2D eigenvalue weighted by Crippen LogP contribution is 1.97. The summed E-state index contributed by atoms with van der Waals surface area (Å²) in [6.45, 7) is 5.44. The van der Waals surface area contributed by atoms with E-state index in [1.165, 1.54) is 6.08 Å². The van der Waals surface area contributed by atoms with E-state index in [1.54, 1.807) is 0 Å². The lowest BCUT2D eigenvalue weighted by molar-refractivity contribution is -0.126. The van der Waals surface area contributed by atoms with Crippen LogP contribution in [0, 0.1) is 0 Å². The molecule has 0 aromatic rings. The third kappa shape index (κ3) is 3.64. The van der Waals surface area contributed by atoms with Gasteiger partial charge in [-0.3, -0.25) is 4.79 Å². The van der Waals surface area contributed by atoms with Gasteiger partial charge in [0, 0.05) is 13.1 Å². The standard InChI is InChI=1S/C7H11NO2.2CH4/c1-2-6(9)7-5-8-3-4-10-7;;/h2,7-8H,1,3-5H2;2*1H4. The van der Waals surface area contributed by atoms with Gasteiger partial charge in [0.25, 0.3) is 0 Å². The molecule has 1 unspecified atom stereocenters. The van der Waals surface area contributed by atoms with E-state index >= 15 is 0 Å². The van der Waals surface area contributed by atoms with Gasteiger partial charge in [0.05, 0.1) is 6.61 Å². The van der Waals surface area contributed by atoms with E-state index < -0.39 is 0 Å². The average molecular weight is 173 g/mol. The van der Waals surface area contributed by atoms with Crippen molar-refractivity contribution >= 4 is 5.78 Å². The molecule has 1 heterocycles. The Balaban J connectivity index is 0. The SMILES string of the molecule is C.C.C=CC(=O)C1CNCCO1. The highest BCUT2D eigenvalue weighted by atomic mass is 16.5. The molecular weight excluding hydrogens is 154 g/mol. The molecular formula is C9H19NO2. The zero-order valence-electron chi connectivity index (χ0n) is 5.80. The van der Waals surface area contributed by atoms with Gasteiger partial charge < -0.3 is 10.1 Å². The molecule has 0 aliphatic carbocycles. The minimum atomic E-state index is -0.300. The molecule has 1 rings (SSSR count). The first kappa shape index (κ1) is 13.9. The summed E-state index contributed by atoms with van der Waals surface area (Å²) in [7, 11) is 0. The summed E-state index contributed by atoms with van der Waals surface area (Å²) in [5.74, 6) is -0.0350. The van der Waals surface area contributed by atoms with E-state index in [0.717, 1.165) is 6.54 Å². The maximum absolute atomic E-state index is 10.9. The van der Waals surface area contributed by atoms with Crippen molar-refractivity contribution in [3.8, 4) is 0 Å². The smallest absolute Gasteiger partial charge is 0.185 e. The zero-order valence-corrected chi connectivity index (χ0v) is 5.80. The molecule has 3 nitrogen and oxygen atoms in total. The van der Waals surface area contributed by atoms with Crippen molar-refractivity contribution < 1.29 is 9.53 Å². The number of morpholine rings is 1. The predicted octanol–water partition coefficient (Wildman–Crippen LogP) is 1.00. The molecule has 0 spiro atoms. The Hall–Kier alpha value is -0.670. The number of ether oxygens (including phenoxy) is 1. The van der Waals surface area contributed by atoms with Gasteiger partial charge in [-0.05, 0) is 6.08 Å². The first-order chi connectivity index (χ1) is 4.84. The molecule has 1 aliphatic heterocycles. The normalized spacial score (nSPS) is 21.5. The van der Waals surface area contributed by atoms with E-state index in [9.17, 15) is 4.79 Å². The topological polar surface area (TPSA) is 38.3 Å². The summed E-state index contributed by atoms with van der Waals surface area (Å²) in [5, 5.41) is 3.06. The number of hydrogen-bond donors (Lipinski definition) is 1. The average Bonchev–Trinajstić information content (AvgIpc) is 2.05. The lowest BCUT2D eigenvalue weighted by Gasteiger charge is -2.20. The van der Waals surface area contributed by atoms with E-state index in [2.05, 4.69) is 11.9 Å². The minimum Gasteiger partial charge on any atom is -0.367 e. The van der Waals surface area contributed by atoms with Crippen molar-refractivity contribution in [2.45, 2.75) is 21.0 Å². The van der Waals surface area contributed by atoms with Crippen molar-refractivity contribution in [3.63, 3.8) is 0 Å². The number of carbonyl (C=O) groups excluding carboxylic acids is 1. The molecule has 0 bridgehead atoms. The van der Waals surface area contributed by atoms with E-state index in [4.69, 9.17) is 4.74 Å². The molecule has 12 heavy (non-hydrogen) atoms. The monoisotopic (exact) mass is 173 g/mol. The first-order valence-corrected chi connectivity index (χ1v) is 3.33. The summed E-state index contributed by atoms with van der Waals surface area (Å²) in [4.78, 5) is 10.9. The van der Waals surface area contributed by atoms with Crippen molar-refractivity contribution in [2.24, 2.45) is 0 Å². The summed E-state index contributed by atoms with van der Waals surface area (Å²) >= 11 is 0. The van der Waals surface area contributed by atoms with Gasteiger partial charge in [-0.2, -0.15) is 0 Å². The fourth-order valence-electron chi connectivity index (χ4n) is 0.880. The fraction of sp³-hybridized carbons (Fsp3) is 0.667. The number of carbonyl (C=O) groups is 1. The number of ketones is 1. The van der Waals surface area contributed by atoms with Gasteiger partial charge in [-0.25, -0.2) is 0 Å². The van der Waals surface area contributed by atoms with Crippen LogP contribution in [0.25, 0.3) is 0 Å². The molecule has 0 amide bonds. The lowest BCUT2D eigenvalue weighted by atomic mass is 10.2. The van der Waals surface area contributed by atoms with E-state index in [0.29, 0.717) is 13.2 Å². The highest BCUT2D eigenvalue weighted by Gasteiger charge is 2.18. The van der Waals surface area contributed by atoms with Crippen LogP contribution in [0.4, 0.5) is 0 Å². The van der Waals surface area contributed by atoms with Gasteiger partial charge in [-0.15, -0.1) is 0 Å². The second-order valence-electron chi connectivity index (χ2n) is 2.17. The van der Waals surface area contributed by atoms with Crippen molar-refractivity contribution in [2.75, 3.05) is 19.7 Å². The van der Waals surface area contributed by atoms with Crippen LogP contribution in [0.15, 0.2) is 12.7 Å². The summed E-state index contributed by atoms with van der Waals surface area (Å²) in [5.41, 5.74) is 0. The van der Waals surface area contributed by atoms with Crippen molar-refractivity contribution in [1.29, 1.82) is 0 Å². The summed E-state index contributed by atoms with van der Waals surface area (Å²) in [6.07, 6.45) is 1.00. The van der Waals surface area contributed by atoms with Crippen LogP contribution in [0.5, 0.6) is 0 Å². The first-order valence-electron chi connectivity index (χ1n) is 3.33. The Morgan fingerprint density at radius 2 is 2.25 bits per heavy atom. The third-order valence-corrected chi connectivity index (χ3v) is 1.45. The molecule has 3 heteroatoms. The van der Waals surface area contributed by atoms with Crippen LogP contribution in [0.1, 0.15) is 14.9 Å². The number of hydrogen-bond acceptors (Lipinski definition) is 3. The van der Waals surface area contributed by atoms with Crippen LogP contribution in [-0.4, -0.2) is 31.6 Å². The van der Waals surface area contributed by atoms with Crippen LogP contribution in [0.3, 0.4) is 0 Å². The largest absolute Gasteiger partial charge is 0.367 e. The van der Waals surface area contributed by atoms with Crippen LogP contribution in [0.2, 0.25) is 0 Å². The number of nitrogens with one attached hydrogen (secondary N) is 1. The molecule has 0 aromatic heterocycles. The molecule has 1 atom stereocenters. The third-order valence-electron chi connectivity index (χ3n) is 1.45. The van der Waals surface area contributed by atoms with Crippen LogP contribution < -0.4 is 5.32 Å². The minimum absolute atomic E-state index is 0. The van der Waals surface area contributed by atoms with Gasteiger partial charge in [0.2, 0.25) is 0 Å². The molecule has 1 saturated heterocycles. The molecule has 0 radical (unpaired) electrons. The van der Waals surface area contributed by atoms with Crippen molar-refractivity contribution in [3.05, 3.63) is 12.7 Å². The van der Waals surface area contributed by atoms with E-state index in [1.807, 2.05) is 0 Å². The lowest BCUT2D eigenvalue weighted by Crippen LogP contribution is -2.42. The molecule has 1 N–H and O–H groups in total. The summed E-state index contributed by atoms with van der Waals surface area (Å²) < 4.78 is 5.15. The van der Waals surface area contributed by atoms with Gasteiger partial charge in [0.15, 0.2) is 5.78 Å². The molecule has 72 valence electrons. The van der Waals surface area contributed by atoms with Gasteiger partial charge >= 0.3 is 0 Å². The van der Waals surface area contributed by atoms with E-state index in [-0.39, 0.29) is 26.7 Å². The van der Waals surface area contributed by atoms with Crippen LogP contribution in [-0.2, 0) is 9.53 Å². The Bertz CT molecular complexity index is 139. The van der Waals surface area contributed by atoms with Crippen LogP contribution >= 0.6 is 0 Å². The molecule has 0 aromatic carbocycles. The van der Waals surface area contributed by atoms with Gasteiger partial charge in [0.1, 0.15) is 6.10 Å². The van der Waals surface area contributed by atoms with Crippen molar-refractivity contribution in [1.82, 2.24) is 5.32 Å². The Labute approximate surface area is 74.8 Å². The quantitative estimate of drug-likeness (QED) is 0.633. The fourth-order valence-corrected chi connectivity index (χ4v) is 0.880. The summed E-state index contributed by atoms with van der Waals surface area (Å²) in [6, 6.07) is 0. The molecule has 1 aliphatic rings. The molecule has 1 fully saturated rings. The second-order valence-corrected chi connectivity index (χ2v) is 2.17. The maximum Gasteiger partial charge on any atom is 0.185 e. The Morgan fingerprint density at radius 3 is 2.67 bits per heavy atom. The molecule has 0 saturated carbocycles. The second kappa shape index (κ2) is 7.00. The number of rotatable bonds is 2. The van der Waals surface area contributed by atoms with Gasteiger partial charge in [-0.1, -0.05) is 21.4 Å². The maximum atomic E-state index is 10.9. The predicted molar refractivity (Wildman–Crippen MR) is 51.3 cm³/mol. The Kier molecular flexibility index (Phi) is 8.11. The highest BCUT2D eigenvalue weighted by molar-refractivity contribution is 5.93. The zero-order chi connectivity index (χ0) is 7.40.